The first-order chi connectivity index (χ1) is 7.42. The lowest BCUT2D eigenvalue weighted by Crippen LogP contribution is -2.40. The molecule has 4 heteroatoms. The number of primary amides is 1. The van der Waals surface area contributed by atoms with Crippen LogP contribution in [0.2, 0.25) is 0 Å². The molecule has 0 aromatic heterocycles. The van der Waals surface area contributed by atoms with Crippen molar-refractivity contribution in [3.05, 3.63) is 34.3 Å². The van der Waals surface area contributed by atoms with Gasteiger partial charge in [-0.25, -0.2) is 0 Å². The number of nitrogens with two attached hydrogens (primary N) is 1. The number of nitrogens with one attached hydrogen (secondary N) is 1. The van der Waals surface area contributed by atoms with E-state index in [1.807, 2.05) is 38.1 Å². The van der Waals surface area contributed by atoms with E-state index in [1.165, 1.54) is 5.56 Å². The monoisotopic (exact) mass is 284 g/mol. The molecule has 16 heavy (non-hydrogen) atoms. The molecule has 0 aliphatic carbocycles. The Morgan fingerprint density at radius 3 is 2.44 bits per heavy atom. The van der Waals surface area contributed by atoms with Crippen LogP contribution in [0.15, 0.2) is 28.7 Å². The van der Waals surface area contributed by atoms with Gasteiger partial charge in [-0.05, 0) is 31.5 Å². The van der Waals surface area contributed by atoms with Gasteiger partial charge in [-0.3, -0.25) is 4.79 Å². The van der Waals surface area contributed by atoms with E-state index in [4.69, 9.17) is 5.73 Å². The predicted octanol–water partition coefficient (Wildman–Crippen LogP) is 2.05. The Balaban J connectivity index is 2.41. The van der Waals surface area contributed by atoms with Crippen molar-refractivity contribution in [2.75, 3.05) is 6.54 Å². The summed E-state index contributed by atoms with van der Waals surface area (Å²) >= 11 is 3.38. The molecule has 0 bridgehead atoms. The molecule has 0 saturated carbocycles. The lowest BCUT2D eigenvalue weighted by Gasteiger charge is -2.20. The minimum Gasteiger partial charge on any atom is -0.369 e. The minimum atomic E-state index is -0.505. The average molecular weight is 285 g/mol. The fraction of sp³-hybridized carbons (Fsp3) is 0.417. The minimum absolute atomic E-state index is 0.282. The van der Waals surface area contributed by atoms with Crippen LogP contribution in [-0.2, 0) is 11.3 Å². The van der Waals surface area contributed by atoms with Crippen molar-refractivity contribution in [2.24, 2.45) is 11.1 Å². The van der Waals surface area contributed by atoms with E-state index in [1.54, 1.807) is 0 Å². The largest absolute Gasteiger partial charge is 0.369 e. The van der Waals surface area contributed by atoms with E-state index in [-0.39, 0.29) is 5.91 Å². The Kier molecular flexibility index (Phi) is 4.50. The topological polar surface area (TPSA) is 55.1 Å². The summed E-state index contributed by atoms with van der Waals surface area (Å²) in [5.41, 5.74) is 5.96. The molecule has 0 fully saturated rings. The van der Waals surface area contributed by atoms with Crippen molar-refractivity contribution in [1.29, 1.82) is 0 Å². The third kappa shape index (κ3) is 3.94. The van der Waals surface area contributed by atoms with Crippen LogP contribution in [0.3, 0.4) is 0 Å². The van der Waals surface area contributed by atoms with Crippen LogP contribution < -0.4 is 11.1 Å². The van der Waals surface area contributed by atoms with Crippen LogP contribution in [0.25, 0.3) is 0 Å². The smallest absolute Gasteiger partial charge is 0.224 e. The lowest BCUT2D eigenvalue weighted by atomic mass is 9.93. The molecule has 0 radical (unpaired) electrons. The molecule has 1 aromatic carbocycles. The quantitative estimate of drug-likeness (QED) is 0.870. The Bertz CT molecular complexity index is 360. The summed E-state index contributed by atoms with van der Waals surface area (Å²) in [5.74, 6) is -0.282. The highest BCUT2D eigenvalue weighted by Crippen LogP contribution is 2.13. The molecule has 1 aromatic rings. The molecule has 0 atom stereocenters. The maximum atomic E-state index is 11.1. The van der Waals surface area contributed by atoms with Gasteiger partial charge in [-0.1, -0.05) is 28.1 Å². The van der Waals surface area contributed by atoms with Gasteiger partial charge in [0.05, 0.1) is 5.41 Å². The van der Waals surface area contributed by atoms with Gasteiger partial charge < -0.3 is 11.1 Å². The SMILES string of the molecule is CC(C)(CNCc1ccc(Br)cc1)C(N)=O. The number of halogens is 1. The van der Waals surface area contributed by atoms with Crippen molar-refractivity contribution < 1.29 is 4.79 Å². The van der Waals surface area contributed by atoms with E-state index in [9.17, 15) is 4.79 Å². The molecule has 0 aliphatic heterocycles. The molecular formula is C12H17BrN2O. The van der Waals surface area contributed by atoms with Gasteiger partial charge in [0, 0.05) is 17.6 Å². The zero-order chi connectivity index (χ0) is 12.2. The van der Waals surface area contributed by atoms with Gasteiger partial charge in [-0.15, -0.1) is 0 Å². The number of rotatable bonds is 5. The molecular weight excluding hydrogens is 268 g/mol. The van der Waals surface area contributed by atoms with Crippen molar-refractivity contribution in [3.8, 4) is 0 Å². The fourth-order valence-corrected chi connectivity index (χ4v) is 1.47. The van der Waals surface area contributed by atoms with Crippen LogP contribution in [0, 0.1) is 5.41 Å². The van der Waals surface area contributed by atoms with E-state index >= 15 is 0 Å². The van der Waals surface area contributed by atoms with Gasteiger partial charge in [0.1, 0.15) is 0 Å². The lowest BCUT2D eigenvalue weighted by molar-refractivity contribution is -0.125. The van der Waals surface area contributed by atoms with E-state index in [0.717, 1.165) is 11.0 Å². The van der Waals surface area contributed by atoms with Crippen LogP contribution in [0.4, 0.5) is 0 Å². The zero-order valence-corrected chi connectivity index (χ0v) is 11.2. The predicted molar refractivity (Wildman–Crippen MR) is 68.8 cm³/mol. The highest BCUT2D eigenvalue weighted by molar-refractivity contribution is 9.10. The fourth-order valence-electron chi connectivity index (χ4n) is 1.21. The van der Waals surface area contributed by atoms with Crippen LogP contribution in [0.1, 0.15) is 19.4 Å². The van der Waals surface area contributed by atoms with Crippen LogP contribution in [-0.4, -0.2) is 12.5 Å². The second kappa shape index (κ2) is 5.46. The summed E-state index contributed by atoms with van der Waals surface area (Å²) in [5, 5.41) is 3.23. The number of carbonyl (C=O) groups is 1. The Labute approximate surface area is 105 Å². The number of benzene rings is 1. The molecule has 1 rings (SSSR count). The summed E-state index contributed by atoms with van der Waals surface area (Å²) in [6.07, 6.45) is 0. The van der Waals surface area contributed by atoms with E-state index in [2.05, 4.69) is 21.2 Å². The number of hydrogen-bond donors (Lipinski definition) is 2. The number of carbonyl (C=O) groups excluding carboxylic acids is 1. The summed E-state index contributed by atoms with van der Waals surface area (Å²) in [6, 6.07) is 8.06. The van der Waals surface area contributed by atoms with Gasteiger partial charge in [-0.2, -0.15) is 0 Å². The summed E-state index contributed by atoms with van der Waals surface area (Å²) in [4.78, 5) is 11.1. The first-order valence-electron chi connectivity index (χ1n) is 5.17. The maximum absolute atomic E-state index is 11.1. The van der Waals surface area contributed by atoms with E-state index in [0.29, 0.717) is 6.54 Å². The highest BCUT2D eigenvalue weighted by Gasteiger charge is 2.23. The standard InChI is InChI=1S/C12H17BrN2O/c1-12(2,11(14)16)8-15-7-9-3-5-10(13)6-4-9/h3-6,15H,7-8H2,1-2H3,(H2,14,16). The normalized spacial score (nSPS) is 11.4. The first-order valence-corrected chi connectivity index (χ1v) is 5.96. The molecule has 0 aliphatic rings. The highest BCUT2D eigenvalue weighted by atomic mass is 79.9. The Hall–Kier alpha value is -0.870. The van der Waals surface area contributed by atoms with Crippen molar-refractivity contribution in [1.82, 2.24) is 5.32 Å². The van der Waals surface area contributed by atoms with E-state index < -0.39 is 5.41 Å². The summed E-state index contributed by atoms with van der Waals surface area (Å²) < 4.78 is 1.06. The van der Waals surface area contributed by atoms with Crippen molar-refractivity contribution in [2.45, 2.75) is 20.4 Å². The third-order valence-corrected chi connectivity index (χ3v) is 3.01. The summed E-state index contributed by atoms with van der Waals surface area (Å²) in [7, 11) is 0. The van der Waals surface area contributed by atoms with Crippen molar-refractivity contribution >= 4 is 21.8 Å². The molecule has 3 nitrogen and oxygen atoms in total. The molecule has 3 N–H and O–H groups in total. The van der Waals surface area contributed by atoms with Crippen LogP contribution >= 0.6 is 15.9 Å². The third-order valence-electron chi connectivity index (χ3n) is 2.48. The van der Waals surface area contributed by atoms with Gasteiger partial charge in [0.25, 0.3) is 0 Å². The maximum Gasteiger partial charge on any atom is 0.224 e. The molecule has 0 heterocycles. The van der Waals surface area contributed by atoms with Crippen molar-refractivity contribution in [3.63, 3.8) is 0 Å². The molecule has 0 saturated heterocycles. The Morgan fingerprint density at radius 2 is 1.94 bits per heavy atom. The number of hydrogen-bond acceptors (Lipinski definition) is 2. The molecule has 0 unspecified atom stereocenters. The zero-order valence-electron chi connectivity index (χ0n) is 9.59. The first kappa shape index (κ1) is 13.2. The molecule has 0 spiro atoms. The number of amides is 1. The second-order valence-electron chi connectivity index (χ2n) is 4.48. The molecule has 88 valence electrons. The average Bonchev–Trinajstić information content (AvgIpc) is 2.20. The van der Waals surface area contributed by atoms with Gasteiger partial charge in [0.2, 0.25) is 5.91 Å². The van der Waals surface area contributed by atoms with Crippen LogP contribution in [0.5, 0.6) is 0 Å². The van der Waals surface area contributed by atoms with Gasteiger partial charge in [0.15, 0.2) is 0 Å². The molecule has 1 amide bonds. The second-order valence-corrected chi connectivity index (χ2v) is 5.39. The Morgan fingerprint density at radius 1 is 1.38 bits per heavy atom. The van der Waals surface area contributed by atoms with Gasteiger partial charge >= 0.3 is 0 Å². The summed E-state index contributed by atoms with van der Waals surface area (Å²) in [6.45, 7) is 5.00.